The Morgan fingerprint density at radius 3 is 2.46 bits per heavy atom. The summed E-state index contributed by atoms with van der Waals surface area (Å²) < 4.78 is 7.63. The molecule has 4 saturated carbocycles. The van der Waals surface area contributed by atoms with Crippen molar-refractivity contribution in [2.45, 2.75) is 90.8 Å². The van der Waals surface area contributed by atoms with Gasteiger partial charge in [-0.15, -0.1) is 0 Å². The van der Waals surface area contributed by atoms with Gasteiger partial charge in [-0.3, -0.25) is 9.59 Å². The van der Waals surface area contributed by atoms with E-state index in [9.17, 15) is 14.7 Å². The van der Waals surface area contributed by atoms with E-state index in [2.05, 4.69) is 29.6 Å². The van der Waals surface area contributed by atoms with Gasteiger partial charge in [0.15, 0.2) is 0 Å². The second kappa shape index (κ2) is 9.60. The molecule has 4 aliphatic carbocycles. The monoisotopic (exact) mass is 486 g/mol. The van der Waals surface area contributed by atoms with Gasteiger partial charge in [-0.2, -0.15) is 5.10 Å². The molecule has 0 aliphatic heterocycles. The van der Waals surface area contributed by atoms with Crippen LogP contribution in [0.15, 0.2) is 12.3 Å². The van der Waals surface area contributed by atoms with Crippen molar-refractivity contribution in [3.05, 3.63) is 17.8 Å². The first-order valence-corrected chi connectivity index (χ1v) is 13.1. The van der Waals surface area contributed by atoms with Gasteiger partial charge in [0, 0.05) is 18.2 Å². The Morgan fingerprint density at radius 2 is 1.89 bits per heavy atom. The Balaban J connectivity index is 1.51. The van der Waals surface area contributed by atoms with Crippen LogP contribution >= 0.6 is 0 Å². The van der Waals surface area contributed by atoms with Crippen LogP contribution in [0.5, 0.6) is 5.88 Å². The molecule has 0 aromatic carbocycles. The van der Waals surface area contributed by atoms with Gasteiger partial charge in [0.1, 0.15) is 5.56 Å². The molecule has 3 N–H and O–H groups in total. The van der Waals surface area contributed by atoms with E-state index < -0.39 is 11.1 Å². The molecule has 0 spiro atoms. The van der Waals surface area contributed by atoms with E-state index in [0.29, 0.717) is 35.8 Å². The lowest BCUT2D eigenvalue weighted by atomic mass is 9.52. The molecule has 194 valence electrons. The standard InChI is InChI=1S/C27H42N4O4/c1-16(2)15-35-25-21(14-28-31(25)8-7-26(5,6)30-23(32)17(3)4)24(33)29-22-19-9-18-10-20(22)13-27(34,11-18)12-19/h7-8,14,16-20,22,34H,9-13,15H2,1-6H3,(H,29,33)(H,30,32)/b8-7+/t18?,19?,20?,22-,27+. The molecule has 4 aliphatic rings. The average Bonchev–Trinajstić information content (AvgIpc) is 3.14. The van der Waals surface area contributed by atoms with Crippen molar-refractivity contribution in [3.8, 4) is 5.88 Å². The summed E-state index contributed by atoms with van der Waals surface area (Å²) in [6.45, 7) is 12.1. The Hall–Kier alpha value is -2.35. The predicted molar refractivity (Wildman–Crippen MR) is 135 cm³/mol. The minimum absolute atomic E-state index is 0.0308. The van der Waals surface area contributed by atoms with Gasteiger partial charge < -0.3 is 20.5 Å². The highest BCUT2D eigenvalue weighted by molar-refractivity contribution is 5.96. The van der Waals surface area contributed by atoms with Crippen LogP contribution in [-0.4, -0.2) is 50.5 Å². The lowest BCUT2D eigenvalue weighted by molar-refractivity contribution is -0.137. The SMILES string of the molecule is CC(C)COc1c(C(=O)N[C@H]2C3CC4CC2C[C@@](O)(C4)C3)cnn1/C=C/C(C)(C)NC(=O)C(C)C. The van der Waals surface area contributed by atoms with Gasteiger partial charge in [0.05, 0.1) is 23.9 Å². The van der Waals surface area contributed by atoms with Crippen LogP contribution in [0.2, 0.25) is 0 Å². The maximum absolute atomic E-state index is 13.4. The lowest BCUT2D eigenvalue weighted by Crippen LogP contribution is -2.61. The van der Waals surface area contributed by atoms with Gasteiger partial charge in [-0.25, -0.2) is 4.68 Å². The van der Waals surface area contributed by atoms with E-state index in [4.69, 9.17) is 4.74 Å². The van der Waals surface area contributed by atoms with Crippen LogP contribution in [0, 0.1) is 29.6 Å². The maximum Gasteiger partial charge on any atom is 0.258 e. The van der Waals surface area contributed by atoms with Crippen LogP contribution < -0.4 is 15.4 Å². The lowest BCUT2D eigenvalue weighted by Gasteiger charge is -2.58. The summed E-state index contributed by atoms with van der Waals surface area (Å²) in [7, 11) is 0. The predicted octanol–water partition coefficient (Wildman–Crippen LogP) is 3.61. The molecule has 4 fully saturated rings. The number of nitrogens with zero attached hydrogens (tertiary/aromatic N) is 2. The number of carbonyl (C=O) groups is 2. The summed E-state index contributed by atoms with van der Waals surface area (Å²) in [5, 5.41) is 21.6. The van der Waals surface area contributed by atoms with Crippen molar-refractivity contribution in [2.24, 2.45) is 29.6 Å². The molecule has 2 unspecified atom stereocenters. The van der Waals surface area contributed by atoms with Gasteiger partial charge in [0.2, 0.25) is 11.8 Å². The molecule has 8 heteroatoms. The fourth-order valence-corrected chi connectivity index (χ4v) is 6.21. The highest BCUT2D eigenvalue weighted by atomic mass is 16.5. The molecule has 5 rings (SSSR count). The minimum Gasteiger partial charge on any atom is -0.477 e. The molecule has 1 aromatic heterocycles. The molecule has 2 amide bonds. The Morgan fingerprint density at radius 1 is 1.23 bits per heavy atom. The molecule has 8 nitrogen and oxygen atoms in total. The summed E-state index contributed by atoms with van der Waals surface area (Å²) in [6, 6.07) is 0.0846. The third-order valence-corrected chi connectivity index (χ3v) is 7.69. The first kappa shape index (κ1) is 25.7. The quantitative estimate of drug-likeness (QED) is 0.495. The van der Waals surface area contributed by atoms with E-state index in [-0.39, 0.29) is 29.7 Å². The number of aromatic nitrogens is 2. The van der Waals surface area contributed by atoms with Crippen molar-refractivity contribution in [1.29, 1.82) is 0 Å². The Bertz CT molecular complexity index is 964. The maximum atomic E-state index is 13.4. The van der Waals surface area contributed by atoms with Gasteiger partial charge in [0.25, 0.3) is 5.91 Å². The van der Waals surface area contributed by atoms with Gasteiger partial charge in [-0.05, 0) is 75.7 Å². The van der Waals surface area contributed by atoms with Crippen LogP contribution in [0.25, 0.3) is 6.20 Å². The van der Waals surface area contributed by atoms with Crippen LogP contribution in [0.3, 0.4) is 0 Å². The molecule has 1 aromatic rings. The fraction of sp³-hybridized carbons (Fsp3) is 0.741. The Labute approximate surface area is 208 Å². The number of aliphatic hydroxyl groups is 1. The number of hydrogen-bond donors (Lipinski definition) is 3. The summed E-state index contributed by atoms with van der Waals surface area (Å²) in [4.78, 5) is 25.6. The van der Waals surface area contributed by atoms with Gasteiger partial charge >= 0.3 is 0 Å². The zero-order valence-corrected chi connectivity index (χ0v) is 22.0. The van der Waals surface area contributed by atoms with E-state index in [1.807, 2.05) is 33.8 Å². The second-order valence-corrected chi connectivity index (χ2v) is 12.4. The van der Waals surface area contributed by atoms with Crippen LogP contribution in [0.1, 0.15) is 84.0 Å². The third kappa shape index (κ3) is 5.74. The topological polar surface area (TPSA) is 105 Å². The number of nitrogens with one attached hydrogen (secondary N) is 2. The average molecular weight is 487 g/mol. The van der Waals surface area contributed by atoms with Crippen molar-refractivity contribution >= 4 is 18.0 Å². The molecule has 1 heterocycles. The fourth-order valence-electron chi connectivity index (χ4n) is 6.21. The number of carbonyl (C=O) groups excluding carboxylic acids is 2. The molecular weight excluding hydrogens is 444 g/mol. The minimum atomic E-state index is -0.592. The van der Waals surface area contributed by atoms with Crippen LogP contribution in [-0.2, 0) is 4.79 Å². The molecule has 2 atom stereocenters. The first-order chi connectivity index (χ1) is 16.4. The highest BCUT2D eigenvalue weighted by Crippen LogP contribution is 2.55. The summed E-state index contributed by atoms with van der Waals surface area (Å²) in [6.07, 6.45) is 9.79. The Kier molecular flexibility index (Phi) is 7.06. The largest absolute Gasteiger partial charge is 0.477 e. The number of rotatable bonds is 9. The summed E-state index contributed by atoms with van der Waals surface area (Å²) in [5.74, 6) is 1.61. The third-order valence-electron chi connectivity index (χ3n) is 7.69. The normalized spacial score (nSPS) is 29.9. The molecule has 0 radical (unpaired) electrons. The molecular formula is C27H42N4O4. The zero-order chi connectivity index (χ0) is 25.5. The van der Waals surface area contributed by atoms with Crippen LogP contribution in [0.4, 0.5) is 0 Å². The number of hydrogen-bond acceptors (Lipinski definition) is 5. The number of ether oxygens (including phenoxy) is 1. The van der Waals surface area contributed by atoms with Crippen molar-refractivity contribution < 1.29 is 19.4 Å². The summed E-state index contributed by atoms with van der Waals surface area (Å²) >= 11 is 0. The van der Waals surface area contributed by atoms with Crippen molar-refractivity contribution in [3.63, 3.8) is 0 Å². The first-order valence-electron chi connectivity index (χ1n) is 13.1. The van der Waals surface area contributed by atoms with Crippen molar-refractivity contribution in [2.75, 3.05) is 6.61 Å². The van der Waals surface area contributed by atoms with E-state index >= 15 is 0 Å². The number of amides is 2. The van der Waals surface area contributed by atoms with Gasteiger partial charge in [-0.1, -0.05) is 27.7 Å². The summed E-state index contributed by atoms with van der Waals surface area (Å²) in [5.41, 5.74) is -0.713. The molecule has 0 saturated heterocycles. The van der Waals surface area contributed by atoms with Crippen molar-refractivity contribution in [1.82, 2.24) is 20.4 Å². The molecule has 35 heavy (non-hydrogen) atoms. The second-order valence-electron chi connectivity index (χ2n) is 12.4. The smallest absolute Gasteiger partial charge is 0.258 e. The highest BCUT2D eigenvalue weighted by Gasteiger charge is 2.55. The van der Waals surface area contributed by atoms with E-state index in [1.165, 1.54) is 0 Å². The molecule has 4 bridgehead atoms. The van der Waals surface area contributed by atoms with E-state index in [1.54, 1.807) is 17.1 Å². The zero-order valence-electron chi connectivity index (χ0n) is 22.0. The van der Waals surface area contributed by atoms with E-state index in [0.717, 1.165) is 32.1 Å².